The first-order chi connectivity index (χ1) is 9.20. The summed E-state index contributed by atoms with van der Waals surface area (Å²) in [6.45, 7) is 5.06. The second kappa shape index (κ2) is 4.53. The average Bonchev–Trinajstić information content (AvgIpc) is 2.93. The second-order valence-corrected chi connectivity index (χ2v) is 5.01. The lowest BCUT2D eigenvalue weighted by molar-refractivity contribution is -0.127. The number of hydrogen-bond donors (Lipinski definition) is 0. The van der Waals surface area contributed by atoms with Crippen LogP contribution in [-0.4, -0.2) is 33.4 Å². The van der Waals surface area contributed by atoms with Crippen molar-refractivity contribution < 1.29 is 4.79 Å². The third-order valence-corrected chi connectivity index (χ3v) is 3.75. The Morgan fingerprint density at radius 3 is 3.00 bits per heavy atom. The number of aryl methyl sites for hydroxylation is 1. The minimum atomic E-state index is 0.185. The first-order valence-corrected chi connectivity index (χ1v) is 6.50. The van der Waals surface area contributed by atoms with Gasteiger partial charge in [-0.15, -0.1) is 6.58 Å². The summed E-state index contributed by atoms with van der Waals surface area (Å²) in [6, 6.07) is 8.07. The Morgan fingerprint density at radius 2 is 2.26 bits per heavy atom. The molecule has 1 aliphatic rings. The summed E-state index contributed by atoms with van der Waals surface area (Å²) in [5, 5.41) is 0. The number of fused-ring (bicyclic) bond motifs is 1. The van der Waals surface area contributed by atoms with Crippen LogP contribution in [0.2, 0.25) is 0 Å². The minimum Gasteiger partial charge on any atom is -0.338 e. The molecule has 1 amide bonds. The van der Waals surface area contributed by atoms with E-state index >= 15 is 0 Å². The highest BCUT2D eigenvalue weighted by molar-refractivity contribution is 5.81. The number of aromatic nitrogens is 2. The molecule has 0 saturated carbocycles. The van der Waals surface area contributed by atoms with E-state index in [1.807, 2.05) is 30.1 Å². The maximum absolute atomic E-state index is 11.9. The number of hydrogen-bond acceptors (Lipinski definition) is 2. The standard InChI is InChI=1S/C15H17N3O/c1-3-8-18-10-11(9-14(18)19)15-16-12-6-4-5-7-13(12)17(15)2/h3-7,11H,1,8-10H2,2H3/t11-/m1/s1. The molecule has 0 N–H and O–H groups in total. The summed E-state index contributed by atoms with van der Waals surface area (Å²) in [6.07, 6.45) is 2.32. The predicted molar refractivity (Wildman–Crippen MR) is 74.8 cm³/mol. The van der Waals surface area contributed by atoms with Crippen molar-refractivity contribution >= 4 is 16.9 Å². The van der Waals surface area contributed by atoms with E-state index in [4.69, 9.17) is 0 Å². The Labute approximate surface area is 112 Å². The lowest BCUT2D eigenvalue weighted by Crippen LogP contribution is -2.25. The smallest absolute Gasteiger partial charge is 0.223 e. The van der Waals surface area contributed by atoms with Crippen molar-refractivity contribution in [2.75, 3.05) is 13.1 Å². The largest absolute Gasteiger partial charge is 0.338 e. The zero-order chi connectivity index (χ0) is 13.4. The van der Waals surface area contributed by atoms with Gasteiger partial charge in [0.25, 0.3) is 0 Å². The number of carbonyl (C=O) groups excluding carboxylic acids is 1. The van der Waals surface area contributed by atoms with Gasteiger partial charge in [0.05, 0.1) is 11.0 Å². The summed E-state index contributed by atoms with van der Waals surface area (Å²) in [7, 11) is 2.02. The highest BCUT2D eigenvalue weighted by Crippen LogP contribution is 2.29. The molecule has 2 aromatic rings. The van der Waals surface area contributed by atoms with E-state index in [0.717, 1.165) is 23.4 Å². The summed E-state index contributed by atoms with van der Waals surface area (Å²) < 4.78 is 2.10. The lowest BCUT2D eigenvalue weighted by Gasteiger charge is -2.13. The number of rotatable bonds is 3. The van der Waals surface area contributed by atoms with Gasteiger partial charge in [-0.2, -0.15) is 0 Å². The van der Waals surface area contributed by atoms with Crippen LogP contribution in [0.15, 0.2) is 36.9 Å². The van der Waals surface area contributed by atoms with Crippen LogP contribution in [0.1, 0.15) is 18.2 Å². The topological polar surface area (TPSA) is 38.1 Å². The molecular weight excluding hydrogens is 238 g/mol. The Hall–Kier alpha value is -2.10. The van der Waals surface area contributed by atoms with Crippen LogP contribution >= 0.6 is 0 Å². The van der Waals surface area contributed by atoms with Gasteiger partial charge in [-0.3, -0.25) is 4.79 Å². The molecule has 1 aromatic carbocycles. The molecule has 1 fully saturated rings. The molecule has 0 spiro atoms. The van der Waals surface area contributed by atoms with Gasteiger partial charge >= 0.3 is 0 Å². The van der Waals surface area contributed by atoms with Crippen LogP contribution in [0, 0.1) is 0 Å². The van der Waals surface area contributed by atoms with Gasteiger partial charge in [-0.25, -0.2) is 4.98 Å². The quantitative estimate of drug-likeness (QED) is 0.787. The highest BCUT2D eigenvalue weighted by Gasteiger charge is 2.32. The molecule has 1 aliphatic heterocycles. The molecule has 1 aromatic heterocycles. The third-order valence-electron chi connectivity index (χ3n) is 3.75. The Morgan fingerprint density at radius 1 is 1.47 bits per heavy atom. The third kappa shape index (κ3) is 1.93. The van der Waals surface area contributed by atoms with Crippen LogP contribution < -0.4 is 0 Å². The van der Waals surface area contributed by atoms with Crippen LogP contribution in [0.25, 0.3) is 11.0 Å². The summed E-state index contributed by atoms with van der Waals surface area (Å²) in [4.78, 5) is 18.4. The molecule has 0 unspecified atom stereocenters. The first-order valence-electron chi connectivity index (χ1n) is 6.50. The van der Waals surface area contributed by atoms with Crippen molar-refractivity contribution in [2.45, 2.75) is 12.3 Å². The normalized spacial score (nSPS) is 19.3. The summed E-state index contributed by atoms with van der Waals surface area (Å²) in [5.41, 5.74) is 2.11. The van der Waals surface area contributed by atoms with Gasteiger partial charge in [0.2, 0.25) is 5.91 Å². The van der Waals surface area contributed by atoms with E-state index in [9.17, 15) is 4.79 Å². The van der Waals surface area contributed by atoms with E-state index in [0.29, 0.717) is 13.0 Å². The fraction of sp³-hybridized carbons (Fsp3) is 0.333. The molecule has 1 atom stereocenters. The molecule has 4 nitrogen and oxygen atoms in total. The Kier molecular flexibility index (Phi) is 2.85. The van der Waals surface area contributed by atoms with Crippen molar-refractivity contribution in [1.82, 2.24) is 14.5 Å². The van der Waals surface area contributed by atoms with Crippen molar-refractivity contribution in [1.29, 1.82) is 0 Å². The fourth-order valence-electron chi connectivity index (χ4n) is 2.81. The number of amides is 1. The summed E-state index contributed by atoms with van der Waals surface area (Å²) >= 11 is 0. The van der Waals surface area contributed by atoms with Gasteiger partial charge in [-0.05, 0) is 12.1 Å². The molecule has 3 rings (SSSR count). The first kappa shape index (κ1) is 12.0. The molecule has 0 bridgehead atoms. The molecule has 2 heterocycles. The molecular formula is C15H17N3O. The van der Waals surface area contributed by atoms with E-state index in [2.05, 4.69) is 22.2 Å². The Bertz CT molecular complexity index is 644. The number of para-hydroxylation sites is 2. The number of nitrogens with zero attached hydrogens (tertiary/aromatic N) is 3. The monoisotopic (exact) mass is 255 g/mol. The van der Waals surface area contributed by atoms with Gasteiger partial charge in [0.15, 0.2) is 0 Å². The van der Waals surface area contributed by atoms with Crippen molar-refractivity contribution in [2.24, 2.45) is 7.05 Å². The average molecular weight is 255 g/mol. The van der Waals surface area contributed by atoms with Crippen molar-refractivity contribution in [3.05, 3.63) is 42.7 Å². The van der Waals surface area contributed by atoms with E-state index < -0.39 is 0 Å². The van der Waals surface area contributed by atoms with Gasteiger partial charge in [-0.1, -0.05) is 18.2 Å². The van der Waals surface area contributed by atoms with Crippen molar-refractivity contribution in [3.8, 4) is 0 Å². The van der Waals surface area contributed by atoms with Crippen molar-refractivity contribution in [3.63, 3.8) is 0 Å². The Balaban J connectivity index is 1.95. The SMILES string of the molecule is C=CCN1C[C@H](c2nc3ccccc3n2C)CC1=O. The zero-order valence-corrected chi connectivity index (χ0v) is 11.0. The van der Waals surface area contributed by atoms with Gasteiger partial charge in [0.1, 0.15) is 5.82 Å². The molecule has 19 heavy (non-hydrogen) atoms. The predicted octanol–water partition coefficient (Wildman–Crippen LogP) is 2.08. The van der Waals surface area contributed by atoms with Crippen LogP contribution in [0.3, 0.4) is 0 Å². The number of imidazole rings is 1. The highest BCUT2D eigenvalue weighted by atomic mass is 16.2. The lowest BCUT2D eigenvalue weighted by atomic mass is 10.1. The number of likely N-dealkylation sites (tertiary alicyclic amines) is 1. The number of carbonyl (C=O) groups is 1. The second-order valence-electron chi connectivity index (χ2n) is 5.01. The zero-order valence-electron chi connectivity index (χ0n) is 11.0. The van der Waals surface area contributed by atoms with E-state index in [1.54, 1.807) is 6.08 Å². The molecule has 1 saturated heterocycles. The van der Waals surface area contributed by atoms with Crippen LogP contribution in [0.5, 0.6) is 0 Å². The number of benzene rings is 1. The van der Waals surface area contributed by atoms with Gasteiger partial charge in [0, 0.05) is 32.5 Å². The molecule has 0 aliphatic carbocycles. The fourth-order valence-corrected chi connectivity index (χ4v) is 2.81. The molecule has 98 valence electrons. The maximum Gasteiger partial charge on any atom is 0.223 e. The minimum absolute atomic E-state index is 0.185. The molecule has 0 radical (unpaired) electrons. The van der Waals surface area contributed by atoms with Crippen LogP contribution in [-0.2, 0) is 11.8 Å². The van der Waals surface area contributed by atoms with Crippen LogP contribution in [0.4, 0.5) is 0 Å². The maximum atomic E-state index is 11.9. The van der Waals surface area contributed by atoms with E-state index in [1.165, 1.54) is 0 Å². The summed E-state index contributed by atoms with van der Waals surface area (Å²) in [5.74, 6) is 1.38. The van der Waals surface area contributed by atoms with Gasteiger partial charge < -0.3 is 9.47 Å². The van der Waals surface area contributed by atoms with E-state index in [-0.39, 0.29) is 11.8 Å². The molecule has 4 heteroatoms.